The number of hydrogen-bond acceptors (Lipinski definition) is 0. The molecule has 211 valence electrons. The molecular weight excluding hydrogens is 623 g/mol. The summed E-state index contributed by atoms with van der Waals surface area (Å²) in [6, 6.07) is 32.7. The predicted octanol–water partition coefficient (Wildman–Crippen LogP) is 5.32. The van der Waals surface area contributed by atoms with Crippen molar-refractivity contribution in [2.75, 3.05) is 0 Å². The zero-order valence-corrected chi connectivity index (χ0v) is 30.3. The van der Waals surface area contributed by atoms with Crippen LogP contribution >= 0.6 is 0 Å². The van der Waals surface area contributed by atoms with E-state index in [4.69, 9.17) is 0 Å². The Labute approximate surface area is 279 Å². The van der Waals surface area contributed by atoms with Crippen LogP contribution in [0.3, 0.4) is 0 Å². The number of rotatable bonds is 5. The Morgan fingerprint density at radius 1 is 0.650 bits per heavy atom. The topological polar surface area (TPSA) is 0 Å². The fraction of sp³-hybridized carbons (Fsp3) is 0.333. The molecule has 0 aliphatic rings. The SMILES string of the molecule is CCCCCC.C[Si].Cc1cc2c(-c3ccccc3)cccc2[cH-]1.Cc1cc2c(C(C)C)cccc2[cH-]1.[Cl-].[Cl-].[Zr+4]. The Bertz CT molecular complexity index is 1310. The van der Waals surface area contributed by atoms with Gasteiger partial charge >= 0.3 is 26.2 Å². The first-order valence-corrected chi connectivity index (χ1v) is 14.8. The van der Waals surface area contributed by atoms with Crippen LogP contribution in [0, 0.1) is 13.8 Å². The van der Waals surface area contributed by atoms with Crippen molar-refractivity contribution in [2.24, 2.45) is 0 Å². The van der Waals surface area contributed by atoms with E-state index in [1.54, 1.807) is 6.55 Å². The molecule has 5 aromatic rings. The Hall–Kier alpha value is -1.44. The van der Waals surface area contributed by atoms with Crippen molar-refractivity contribution in [2.45, 2.75) is 79.7 Å². The van der Waals surface area contributed by atoms with Crippen molar-refractivity contribution < 1.29 is 51.0 Å². The first-order chi connectivity index (χ1) is 17.9. The summed E-state index contributed by atoms with van der Waals surface area (Å²) < 4.78 is 0. The molecule has 0 bridgehead atoms. The molecule has 40 heavy (non-hydrogen) atoms. The molecule has 0 nitrogen and oxygen atoms in total. The summed E-state index contributed by atoms with van der Waals surface area (Å²) in [6.07, 6.45) is 5.54. The maximum absolute atomic E-state index is 2.97. The van der Waals surface area contributed by atoms with Gasteiger partial charge in [-0.2, -0.15) is 12.1 Å². The Morgan fingerprint density at radius 3 is 1.62 bits per heavy atom. The van der Waals surface area contributed by atoms with Crippen LogP contribution in [0.15, 0.2) is 91.0 Å². The van der Waals surface area contributed by atoms with Gasteiger partial charge in [-0.3, -0.25) is 0 Å². The first-order valence-electron chi connectivity index (χ1n) is 13.8. The quantitative estimate of drug-likeness (QED) is 0.135. The van der Waals surface area contributed by atoms with Crippen molar-refractivity contribution in [1.82, 2.24) is 0 Å². The summed E-state index contributed by atoms with van der Waals surface area (Å²) in [7, 11) is 2.97. The summed E-state index contributed by atoms with van der Waals surface area (Å²) in [5.74, 6) is 0.616. The summed E-state index contributed by atoms with van der Waals surface area (Å²) in [4.78, 5) is 0. The largest absolute Gasteiger partial charge is 4.00 e. The van der Waals surface area contributed by atoms with Gasteiger partial charge in [0.2, 0.25) is 0 Å². The van der Waals surface area contributed by atoms with Crippen LogP contribution in [0.2, 0.25) is 6.55 Å². The normalized spacial score (nSPS) is 9.53. The molecule has 0 saturated carbocycles. The molecule has 0 spiro atoms. The van der Waals surface area contributed by atoms with E-state index < -0.39 is 0 Å². The Morgan fingerprint density at radius 2 is 1.12 bits per heavy atom. The van der Waals surface area contributed by atoms with Gasteiger partial charge in [-0.15, -0.1) is 69.1 Å². The van der Waals surface area contributed by atoms with Crippen LogP contribution in [-0.4, -0.2) is 10.2 Å². The van der Waals surface area contributed by atoms with E-state index in [2.05, 4.69) is 143 Å². The molecule has 0 heterocycles. The molecule has 0 atom stereocenters. The molecule has 0 aliphatic carbocycles. The van der Waals surface area contributed by atoms with Crippen LogP contribution in [0.1, 0.15) is 76.0 Å². The average molecular weight is 668 g/mol. The van der Waals surface area contributed by atoms with E-state index in [0.717, 1.165) is 0 Å². The average Bonchev–Trinajstić information content (AvgIpc) is 3.50. The molecule has 0 amide bonds. The summed E-state index contributed by atoms with van der Waals surface area (Å²) >= 11 is 0. The number of hydrogen-bond donors (Lipinski definition) is 0. The van der Waals surface area contributed by atoms with Gasteiger partial charge in [-0.05, 0) is 11.5 Å². The van der Waals surface area contributed by atoms with E-state index in [1.807, 2.05) is 0 Å². The van der Waals surface area contributed by atoms with Crippen LogP contribution < -0.4 is 24.8 Å². The van der Waals surface area contributed by atoms with Gasteiger partial charge in [0.25, 0.3) is 0 Å². The van der Waals surface area contributed by atoms with Crippen molar-refractivity contribution in [3.05, 3.63) is 108 Å². The molecule has 5 rings (SSSR count). The van der Waals surface area contributed by atoms with Gasteiger partial charge < -0.3 is 24.8 Å². The third kappa shape index (κ3) is 12.2. The third-order valence-electron chi connectivity index (χ3n) is 6.49. The second kappa shape index (κ2) is 22.2. The van der Waals surface area contributed by atoms with Gasteiger partial charge in [-0.25, -0.2) is 0 Å². The van der Waals surface area contributed by atoms with E-state index in [0.29, 0.717) is 5.92 Å². The van der Waals surface area contributed by atoms with Gasteiger partial charge in [0.05, 0.1) is 0 Å². The first kappa shape index (κ1) is 40.7. The molecule has 4 heteroatoms. The molecule has 0 saturated heterocycles. The number of unbranched alkanes of at least 4 members (excludes halogenated alkanes) is 3. The number of benzene rings is 3. The minimum Gasteiger partial charge on any atom is -1.00 e. The number of fused-ring (bicyclic) bond motifs is 2. The fourth-order valence-electron chi connectivity index (χ4n) is 4.67. The fourth-order valence-corrected chi connectivity index (χ4v) is 4.67. The van der Waals surface area contributed by atoms with Gasteiger partial charge in [0.1, 0.15) is 0 Å². The Balaban J connectivity index is 0. The molecule has 0 aromatic heterocycles. The second-order valence-corrected chi connectivity index (χ2v) is 9.95. The zero-order valence-electron chi connectivity index (χ0n) is 25.3. The van der Waals surface area contributed by atoms with Crippen LogP contribution in [-0.2, 0) is 26.2 Å². The molecule has 0 fully saturated rings. The molecule has 5 aromatic carbocycles. The molecule has 0 aliphatic heterocycles. The summed E-state index contributed by atoms with van der Waals surface area (Å²) in [6.45, 7) is 15.1. The maximum Gasteiger partial charge on any atom is 4.00 e. The van der Waals surface area contributed by atoms with Gasteiger partial charge in [0.15, 0.2) is 0 Å². The standard InChI is InChI=1S/C16H13.C13H15.C6H14.CH3Si.2ClH.Zr/c1-12-10-14-8-5-9-15(16(14)11-12)13-6-3-2-4-7-13;1-9(2)12-6-4-5-11-7-10(3)8-13(11)12;1-3-5-6-4-2;1-2;;;/h2-11H,1H3;4-9H,1-3H3;3-6H2,1-2H3;1H3;2*1H;/q2*-1;;;;;+4/p-2. The second-order valence-electron chi connectivity index (χ2n) is 9.95. The van der Waals surface area contributed by atoms with Crippen LogP contribution in [0.5, 0.6) is 0 Å². The van der Waals surface area contributed by atoms with Crippen LogP contribution in [0.25, 0.3) is 32.7 Å². The van der Waals surface area contributed by atoms with Crippen LogP contribution in [0.4, 0.5) is 0 Å². The van der Waals surface area contributed by atoms with E-state index in [1.165, 1.54) is 75.0 Å². The van der Waals surface area contributed by atoms with Crippen molar-refractivity contribution >= 4 is 31.8 Å². The summed E-state index contributed by atoms with van der Waals surface area (Å²) in [5.41, 5.74) is 6.77. The molecule has 3 radical (unpaired) electrons. The minimum atomic E-state index is 0. The number of halogens is 2. The van der Waals surface area contributed by atoms with E-state index in [9.17, 15) is 0 Å². The maximum atomic E-state index is 2.97. The molecular formula is C36H45Cl2SiZr. The predicted molar refractivity (Wildman–Crippen MR) is 170 cm³/mol. The summed E-state index contributed by atoms with van der Waals surface area (Å²) in [5, 5.41) is 5.49. The van der Waals surface area contributed by atoms with Crippen molar-refractivity contribution in [3.8, 4) is 11.1 Å². The zero-order chi connectivity index (χ0) is 27.2. The molecule has 0 N–H and O–H groups in total. The smallest absolute Gasteiger partial charge is 1.00 e. The van der Waals surface area contributed by atoms with Gasteiger partial charge in [-0.1, -0.05) is 127 Å². The molecule has 0 unspecified atom stereocenters. The monoisotopic (exact) mass is 665 g/mol. The van der Waals surface area contributed by atoms with Crippen molar-refractivity contribution in [3.63, 3.8) is 0 Å². The van der Waals surface area contributed by atoms with E-state index >= 15 is 0 Å². The van der Waals surface area contributed by atoms with E-state index in [-0.39, 0.29) is 51.0 Å². The number of aryl methyl sites for hydroxylation is 2. The minimum absolute atomic E-state index is 0. The third-order valence-corrected chi connectivity index (χ3v) is 6.49. The Kier molecular flexibility index (Phi) is 22.6. The van der Waals surface area contributed by atoms with Gasteiger partial charge in [0, 0.05) is 10.2 Å². The van der Waals surface area contributed by atoms with Crippen molar-refractivity contribution in [1.29, 1.82) is 0 Å².